The summed E-state index contributed by atoms with van der Waals surface area (Å²) in [5.41, 5.74) is 0. The standard InChI is InChI=1S/C17H29N3S/c1-14(2)18-11-16-6-7-17(21-16)13-19-9-10-20-8-4-3-5-15(20)12-19/h6-7,14-15,18H,3-5,8-13H2,1-2H3. The quantitative estimate of drug-likeness (QED) is 0.902. The second kappa shape index (κ2) is 7.23. The summed E-state index contributed by atoms with van der Waals surface area (Å²) in [5, 5.41) is 3.51. The van der Waals surface area contributed by atoms with Crippen molar-refractivity contribution in [2.75, 3.05) is 26.2 Å². The molecule has 0 bridgehead atoms. The van der Waals surface area contributed by atoms with Crippen LogP contribution in [0.15, 0.2) is 12.1 Å². The average molecular weight is 308 g/mol. The largest absolute Gasteiger partial charge is 0.310 e. The van der Waals surface area contributed by atoms with E-state index >= 15 is 0 Å². The molecule has 1 aromatic heterocycles. The Balaban J connectivity index is 1.50. The summed E-state index contributed by atoms with van der Waals surface area (Å²) in [6, 6.07) is 6.02. The number of rotatable bonds is 5. The molecule has 2 aliphatic rings. The van der Waals surface area contributed by atoms with Crippen LogP contribution in [0.2, 0.25) is 0 Å². The van der Waals surface area contributed by atoms with Gasteiger partial charge in [0, 0.05) is 54.6 Å². The van der Waals surface area contributed by atoms with Gasteiger partial charge < -0.3 is 5.32 Å². The number of hydrogen-bond donors (Lipinski definition) is 1. The van der Waals surface area contributed by atoms with Gasteiger partial charge in [0.15, 0.2) is 0 Å². The fourth-order valence-electron chi connectivity index (χ4n) is 3.49. The number of fused-ring (bicyclic) bond motifs is 1. The average Bonchev–Trinajstić information content (AvgIpc) is 2.92. The maximum Gasteiger partial charge on any atom is 0.0329 e. The highest BCUT2D eigenvalue weighted by molar-refractivity contribution is 7.11. The lowest BCUT2D eigenvalue weighted by atomic mass is 9.99. The van der Waals surface area contributed by atoms with E-state index in [2.05, 4.69) is 41.1 Å². The first-order valence-corrected chi connectivity index (χ1v) is 9.30. The SMILES string of the molecule is CC(C)NCc1ccc(CN2CCN3CCCCC3C2)s1. The molecule has 0 radical (unpaired) electrons. The number of piperidine rings is 1. The maximum absolute atomic E-state index is 3.51. The zero-order valence-corrected chi connectivity index (χ0v) is 14.3. The first-order valence-electron chi connectivity index (χ1n) is 8.48. The van der Waals surface area contributed by atoms with Crippen molar-refractivity contribution in [1.82, 2.24) is 15.1 Å². The molecule has 0 aromatic carbocycles. The summed E-state index contributed by atoms with van der Waals surface area (Å²) >= 11 is 1.98. The van der Waals surface area contributed by atoms with Crippen molar-refractivity contribution in [3.8, 4) is 0 Å². The highest BCUT2D eigenvalue weighted by atomic mass is 32.1. The lowest BCUT2D eigenvalue weighted by molar-refractivity contribution is 0.0461. The third-order valence-corrected chi connectivity index (χ3v) is 5.77. The molecule has 0 saturated carbocycles. The van der Waals surface area contributed by atoms with Crippen LogP contribution in [0.3, 0.4) is 0 Å². The van der Waals surface area contributed by atoms with Gasteiger partial charge in [-0.1, -0.05) is 20.3 Å². The monoisotopic (exact) mass is 307 g/mol. The summed E-state index contributed by atoms with van der Waals surface area (Å²) in [6.07, 6.45) is 4.25. The molecule has 0 spiro atoms. The zero-order valence-electron chi connectivity index (χ0n) is 13.5. The molecule has 118 valence electrons. The molecule has 1 N–H and O–H groups in total. The molecule has 2 aliphatic heterocycles. The topological polar surface area (TPSA) is 18.5 Å². The van der Waals surface area contributed by atoms with Crippen molar-refractivity contribution in [3.63, 3.8) is 0 Å². The van der Waals surface area contributed by atoms with Crippen LogP contribution in [0.5, 0.6) is 0 Å². The van der Waals surface area contributed by atoms with Crippen LogP contribution < -0.4 is 5.32 Å². The van der Waals surface area contributed by atoms with E-state index in [0.717, 1.165) is 19.1 Å². The molecule has 2 saturated heterocycles. The Morgan fingerprint density at radius 2 is 2.05 bits per heavy atom. The Labute approximate surface area is 133 Å². The van der Waals surface area contributed by atoms with Gasteiger partial charge in [0.1, 0.15) is 0 Å². The molecule has 4 heteroatoms. The molecule has 3 rings (SSSR count). The lowest BCUT2D eigenvalue weighted by Gasteiger charge is -2.44. The van der Waals surface area contributed by atoms with Crippen molar-refractivity contribution >= 4 is 11.3 Å². The number of nitrogens with zero attached hydrogens (tertiary/aromatic N) is 2. The van der Waals surface area contributed by atoms with Crippen molar-refractivity contribution in [2.45, 2.75) is 58.3 Å². The van der Waals surface area contributed by atoms with E-state index in [-0.39, 0.29) is 0 Å². The first kappa shape index (κ1) is 15.5. The van der Waals surface area contributed by atoms with Gasteiger partial charge in [-0.05, 0) is 31.5 Å². The van der Waals surface area contributed by atoms with E-state index in [1.165, 1.54) is 55.2 Å². The van der Waals surface area contributed by atoms with E-state index in [4.69, 9.17) is 0 Å². The maximum atomic E-state index is 3.51. The lowest BCUT2D eigenvalue weighted by Crippen LogP contribution is -2.54. The molecule has 3 nitrogen and oxygen atoms in total. The fraction of sp³-hybridized carbons (Fsp3) is 0.765. The number of thiophene rings is 1. The third-order valence-electron chi connectivity index (χ3n) is 4.70. The van der Waals surface area contributed by atoms with E-state index < -0.39 is 0 Å². The van der Waals surface area contributed by atoms with Crippen LogP contribution in [0.25, 0.3) is 0 Å². The Bertz CT molecular complexity index is 443. The summed E-state index contributed by atoms with van der Waals surface area (Å²) in [5.74, 6) is 0. The van der Waals surface area contributed by atoms with Crippen molar-refractivity contribution in [2.24, 2.45) is 0 Å². The van der Waals surface area contributed by atoms with Crippen molar-refractivity contribution in [3.05, 3.63) is 21.9 Å². The van der Waals surface area contributed by atoms with Gasteiger partial charge in [0.2, 0.25) is 0 Å². The number of nitrogens with one attached hydrogen (secondary N) is 1. The van der Waals surface area contributed by atoms with Crippen LogP contribution >= 0.6 is 11.3 Å². The minimum Gasteiger partial charge on any atom is -0.310 e. The zero-order chi connectivity index (χ0) is 14.7. The second-order valence-electron chi connectivity index (χ2n) is 6.82. The molecule has 1 unspecified atom stereocenters. The summed E-state index contributed by atoms with van der Waals surface area (Å²) in [7, 11) is 0. The Kier molecular flexibility index (Phi) is 5.33. The van der Waals surface area contributed by atoms with Gasteiger partial charge >= 0.3 is 0 Å². The van der Waals surface area contributed by atoms with E-state index in [1.807, 2.05) is 11.3 Å². The Hall–Kier alpha value is -0.420. The van der Waals surface area contributed by atoms with Gasteiger partial charge in [-0.3, -0.25) is 9.80 Å². The summed E-state index contributed by atoms with van der Waals surface area (Å²) < 4.78 is 0. The molecule has 3 heterocycles. The molecule has 21 heavy (non-hydrogen) atoms. The molecule has 0 amide bonds. The predicted octanol–water partition coefficient (Wildman–Crippen LogP) is 2.92. The third kappa shape index (κ3) is 4.28. The molecular formula is C17H29N3S. The highest BCUT2D eigenvalue weighted by Crippen LogP contribution is 2.24. The minimum atomic E-state index is 0.565. The van der Waals surface area contributed by atoms with Crippen LogP contribution in [0, 0.1) is 0 Å². The van der Waals surface area contributed by atoms with Crippen molar-refractivity contribution in [1.29, 1.82) is 0 Å². The van der Waals surface area contributed by atoms with Gasteiger partial charge in [-0.2, -0.15) is 0 Å². The van der Waals surface area contributed by atoms with Gasteiger partial charge in [0.25, 0.3) is 0 Å². The number of piperazine rings is 1. The molecule has 0 aliphatic carbocycles. The van der Waals surface area contributed by atoms with Gasteiger partial charge in [-0.15, -0.1) is 11.3 Å². The van der Waals surface area contributed by atoms with Gasteiger partial charge in [0.05, 0.1) is 0 Å². The Morgan fingerprint density at radius 1 is 1.19 bits per heavy atom. The van der Waals surface area contributed by atoms with Gasteiger partial charge in [-0.25, -0.2) is 0 Å². The summed E-state index contributed by atoms with van der Waals surface area (Å²) in [6.45, 7) is 11.7. The highest BCUT2D eigenvalue weighted by Gasteiger charge is 2.28. The van der Waals surface area contributed by atoms with Crippen LogP contribution in [-0.4, -0.2) is 48.1 Å². The predicted molar refractivity (Wildman–Crippen MR) is 90.8 cm³/mol. The van der Waals surface area contributed by atoms with Crippen LogP contribution in [0.1, 0.15) is 42.9 Å². The molecule has 2 fully saturated rings. The molecular weight excluding hydrogens is 278 g/mol. The van der Waals surface area contributed by atoms with Crippen LogP contribution in [0.4, 0.5) is 0 Å². The van der Waals surface area contributed by atoms with Crippen LogP contribution in [-0.2, 0) is 13.1 Å². The first-order chi connectivity index (χ1) is 10.2. The Morgan fingerprint density at radius 3 is 2.90 bits per heavy atom. The smallest absolute Gasteiger partial charge is 0.0329 e. The van der Waals surface area contributed by atoms with E-state index in [0.29, 0.717) is 6.04 Å². The number of hydrogen-bond acceptors (Lipinski definition) is 4. The fourth-order valence-corrected chi connectivity index (χ4v) is 4.50. The summed E-state index contributed by atoms with van der Waals surface area (Å²) in [4.78, 5) is 8.37. The second-order valence-corrected chi connectivity index (χ2v) is 8.08. The van der Waals surface area contributed by atoms with E-state index in [1.54, 1.807) is 0 Å². The molecule has 1 atom stereocenters. The van der Waals surface area contributed by atoms with Crippen molar-refractivity contribution < 1.29 is 0 Å². The van der Waals surface area contributed by atoms with E-state index in [9.17, 15) is 0 Å². The molecule has 1 aromatic rings. The normalized spacial score (nSPS) is 24.4. The minimum absolute atomic E-state index is 0.565.